The van der Waals surface area contributed by atoms with E-state index < -0.39 is 32.5 Å². The summed E-state index contributed by atoms with van der Waals surface area (Å²) in [6, 6.07) is 44.0. The summed E-state index contributed by atoms with van der Waals surface area (Å²) in [5, 5.41) is 3.20. The molecule has 1 radical (unpaired) electrons. The molecule has 0 aliphatic heterocycles. The normalized spacial score (nSPS) is 14.2. The average Bonchev–Trinajstić information content (AvgIpc) is 3.20. The van der Waals surface area contributed by atoms with Gasteiger partial charge in [-0.2, -0.15) is 0 Å². The summed E-state index contributed by atoms with van der Waals surface area (Å²) in [5.74, 6) is -2.45. The largest absolute Gasteiger partial charge is 0.305 e. The summed E-state index contributed by atoms with van der Waals surface area (Å²) >= 11 is 0. The predicted octanol–water partition coefficient (Wildman–Crippen LogP) is 12.6. The number of aryl methyl sites for hydroxylation is 1. The Morgan fingerprint density at radius 1 is 0.774 bits per heavy atom. The van der Waals surface area contributed by atoms with Crippen LogP contribution in [-0.2, 0) is 20.1 Å². The van der Waals surface area contributed by atoms with Crippen molar-refractivity contribution in [3.63, 3.8) is 0 Å². The quantitative estimate of drug-likeness (QED) is 0.112. The van der Waals surface area contributed by atoms with E-state index in [2.05, 4.69) is 67.1 Å². The Balaban J connectivity index is 0.000000221. The van der Waals surface area contributed by atoms with Crippen molar-refractivity contribution in [2.24, 2.45) is 0 Å². The molecule has 0 amide bonds. The topological polar surface area (TPSA) is 25.8 Å². The molecule has 0 N–H and O–H groups in total. The summed E-state index contributed by atoms with van der Waals surface area (Å²) in [7, 11) is -1.57. The first-order valence-electron chi connectivity index (χ1n) is 20.2. The summed E-state index contributed by atoms with van der Waals surface area (Å²) in [4.78, 5) is 9.09. The number of halogens is 1. The molecule has 1 atom stereocenters. The fourth-order valence-corrected chi connectivity index (χ4v) is 8.09. The summed E-state index contributed by atoms with van der Waals surface area (Å²) in [6.45, 7) is 10.2. The van der Waals surface area contributed by atoms with Crippen molar-refractivity contribution in [2.75, 3.05) is 0 Å². The van der Waals surface area contributed by atoms with E-state index in [0.29, 0.717) is 12.0 Å². The second-order valence-corrected chi connectivity index (χ2v) is 19.1. The maximum Gasteiger partial charge on any atom is 0.0799 e. The van der Waals surface area contributed by atoms with Crippen LogP contribution in [0.25, 0.3) is 44.4 Å². The molecule has 0 saturated carbocycles. The molecule has 0 aliphatic carbocycles. The fraction of sp³-hybridized carbons (Fsp3) is 0.208. The van der Waals surface area contributed by atoms with Gasteiger partial charge in [0.15, 0.2) is 0 Å². The molecule has 5 heteroatoms. The third-order valence-corrected chi connectivity index (χ3v) is 11.2. The third kappa shape index (κ3) is 9.16. The van der Waals surface area contributed by atoms with Gasteiger partial charge in [-0.15, -0.1) is 59.7 Å². The van der Waals surface area contributed by atoms with Gasteiger partial charge in [-0.1, -0.05) is 142 Å². The predicted molar refractivity (Wildman–Crippen MR) is 220 cm³/mol. The zero-order chi connectivity index (χ0) is 41.2. The number of aromatic nitrogens is 2. The van der Waals surface area contributed by atoms with E-state index in [1.807, 2.05) is 93.7 Å². The van der Waals surface area contributed by atoms with Crippen molar-refractivity contribution in [1.29, 1.82) is 0 Å². The molecule has 5 aromatic carbocycles. The number of rotatable bonds is 8. The Morgan fingerprint density at radius 2 is 1.53 bits per heavy atom. The number of fused-ring (bicyclic) bond motifs is 1. The second-order valence-electron chi connectivity index (χ2n) is 14.1. The van der Waals surface area contributed by atoms with Gasteiger partial charge in [0, 0.05) is 51.1 Å². The van der Waals surface area contributed by atoms with Crippen LogP contribution < -0.4 is 5.19 Å². The number of nitrogens with zero attached hydrogens (tertiary/aromatic N) is 2. The van der Waals surface area contributed by atoms with E-state index in [0.717, 1.165) is 38.7 Å². The van der Waals surface area contributed by atoms with E-state index in [4.69, 9.17) is 10.5 Å². The van der Waals surface area contributed by atoms with Crippen LogP contribution in [0.1, 0.15) is 68.1 Å². The van der Waals surface area contributed by atoms with E-state index >= 15 is 0 Å². The van der Waals surface area contributed by atoms with Crippen LogP contribution in [0.3, 0.4) is 0 Å². The molecule has 0 saturated heterocycles. The maximum atomic E-state index is 14.4. The van der Waals surface area contributed by atoms with Crippen molar-refractivity contribution >= 4 is 24.0 Å². The number of pyridine rings is 2. The van der Waals surface area contributed by atoms with Crippen LogP contribution in [0.5, 0.6) is 0 Å². The second kappa shape index (κ2) is 17.5. The van der Waals surface area contributed by atoms with E-state index in [1.54, 1.807) is 0 Å². The molecular weight excluding hydrogens is 844 g/mol. The molecule has 1 unspecified atom stereocenters. The molecule has 271 valence electrons. The Kier molecular flexibility index (Phi) is 10.9. The number of benzene rings is 5. The SMILES string of the molecule is [2H]C(C)(C)c1cc(-c2[c-]ccc(-c3ccccc3)c2)ncc1[Si](C)(C)C.[2H]C([2H])([2H])c1cc(C([2H])(CC)c2cccc3ccccc23)cnc1-c1[c-]cccc1F.[Ir]. The number of hydrogen-bond acceptors (Lipinski definition) is 2. The molecule has 7 aromatic rings. The van der Waals surface area contributed by atoms with Crippen LogP contribution in [0, 0.1) is 24.8 Å². The fourth-order valence-electron chi connectivity index (χ4n) is 6.50. The van der Waals surface area contributed by atoms with Crippen molar-refractivity contribution < 1.29 is 31.3 Å². The van der Waals surface area contributed by atoms with Gasteiger partial charge in [0.05, 0.1) is 8.07 Å². The summed E-state index contributed by atoms with van der Waals surface area (Å²) in [6.07, 6.45) is 3.90. The van der Waals surface area contributed by atoms with Crippen LogP contribution in [0.15, 0.2) is 134 Å². The Morgan fingerprint density at radius 3 is 2.25 bits per heavy atom. The molecule has 2 nitrogen and oxygen atoms in total. The van der Waals surface area contributed by atoms with Crippen molar-refractivity contribution in [3.05, 3.63) is 174 Å². The molecule has 2 aromatic heterocycles. The molecule has 0 spiro atoms. The van der Waals surface area contributed by atoms with Crippen molar-refractivity contribution in [2.45, 2.75) is 65.5 Å². The standard InChI is InChI=1S/C25H21FN.C23H26NSi.Ir/c1-3-20(22-13-8-10-18-9-4-5-11-21(18)22)19-15-17(2)25(27-16-19)23-12-6-7-14-24(23)26;1-17(2)21-15-22(24-16-23(21)25(3,4)5)20-13-9-12-19(14-20)18-10-7-6-8-11-18;/h4-11,13-16,20H,3H2,1-2H3;6-12,14-17H,1-5H3;/q2*-1;/i2D3,20D;17D;. The molecule has 0 bridgehead atoms. The molecule has 0 aliphatic rings. The van der Waals surface area contributed by atoms with Gasteiger partial charge in [0.2, 0.25) is 0 Å². The third-order valence-electron chi connectivity index (χ3n) is 9.18. The van der Waals surface area contributed by atoms with Gasteiger partial charge in [0.25, 0.3) is 0 Å². The van der Waals surface area contributed by atoms with E-state index in [-0.39, 0.29) is 36.9 Å². The molecule has 7 rings (SSSR count). The van der Waals surface area contributed by atoms with Crippen molar-refractivity contribution in [1.82, 2.24) is 9.97 Å². The van der Waals surface area contributed by atoms with Gasteiger partial charge in [-0.05, 0) is 63.2 Å². The van der Waals surface area contributed by atoms with Gasteiger partial charge >= 0.3 is 0 Å². The zero-order valence-electron chi connectivity index (χ0n) is 36.0. The Hall–Kier alpha value is -4.54. The van der Waals surface area contributed by atoms with Gasteiger partial charge in [-0.3, -0.25) is 4.39 Å². The summed E-state index contributed by atoms with van der Waals surface area (Å²) in [5.41, 5.74) is 6.46. The maximum absolute atomic E-state index is 14.4. The Bertz CT molecular complexity index is 2510. The molecule has 53 heavy (non-hydrogen) atoms. The van der Waals surface area contributed by atoms with Gasteiger partial charge in [0.1, 0.15) is 0 Å². The first-order valence-corrected chi connectivity index (χ1v) is 21.2. The molecule has 0 fully saturated rings. The summed E-state index contributed by atoms with van der Waals surface area (Å²) < 4.78 is 56.4. The van der Waals surface area contributed by atoms with Gasteiger partial charge in [-0.25, -0.2) is 0 Å². The first-order chi connectivity index (χ1) is 26.9. The van der Waals surface area contributed by atoms with Crippen molar-refractivity contribution in [3.8, 4) is 33.6 Å². The van der Waals surface area contributed by atoms with Crippen LogP contribution in [0.2, 0.25) is 19.6 Å². The van der Waals surface area contributed by atoms with E-state index in [1.165, 1.54) is 41.2 Å². The van der Waals surface area contributed by atoms with Crippen LogP contribution >= 0.6 is 0 Å². The van der Waals surface area contributed by atoms with Crippen LogP contribution in [-0.4, -0.2) is 18.0 Å². The minimum atomic E-state index is -2.53. The average molecular weight is 896 g/mol. The first kappa shape index (κ1) is 33.1. The smallest absolute Gasteiger partial charge is 0.0799 e. The number of hydrogen-bond donors (Lipinski definition) is 0. The van der Waals surface area contributed by atoms with E-state index in [9.17, 15) is 5.76 Å². The Labute approximate surface area is 337 Å². The monoisotopic (exact) mass is 896 g/mol. The molecular formula is C48H47FIrN2Si-2. The minimum Gasteiger partial charge on any atom is -0.305 e. The molecule has 2 heterocycles. The van der Waals surface area contributed by atoms with Gasteiger partial charge < -0.3 is 9.97 Å². The van der Waals surface area contributed by atoms with Crippen LogP contribution in [0.4, 0.5) is 4.39 Å². The minimum absolute atomic E-state index is 0. The zero-order valence-corrected chi connectivity index (χ0v) is 34.4.